The van der Waals surface area contributed by atoms with Crippen molar-refractivity contribution < 1.29 is 13.9 Å². The number of hydrogen-bond acceptors (Lipinski definition) is 6. The molecule has 0 unspecified atom stereocenters. The molecule has 38 heavy (non-hydrogen) atoms. The second kappa shape index (κ2) is 9.70. The Morgan fingerprint density at radius 1 is 1.21 bits per heavy atom. The molecule has 0 saturated carbocycles. The Bertz CT molecular complexity index is 1330. The lowest BCUT2D eigenvalue weighted by Crippen LogP contribution is -2.60. The summed E-state index contributed by atoms with van der Waals surface area (Å²) in [5.74, 6) is 0.218. The SMILES string of the molecule is CNC(=S)N1CCc2c(nc(N3CCC4(CN(C(=O)OC(C)(C)C)C4)C3)c(C#N)c2-c2ccccc2F)C1. The normalized spacial score (nSPS) is 18.1. The summed E-state index contributed by atoms with van der Waals surface area (Å²) < 4.78 is 20.7. The molecule has 1 amide bonds. The van der Waals surface area contributed by atoms with Crippen LogP contribution in [0.1, 0.15) is 44.0 Å². The largest absolute Gasteiger partial charge is 0.444 e. The number of rotatable bonds is 2. The van der Waals surface area contributed by atoms with Gasteiger partial charge in [-0.3, -0.25) is 0 Å². The predicted octanol–water partition coefficient (Wildman–Crippen LogP) is 4.07. The molecule has 10 heteroatoms. The summed E-state index contributed by atoms with van der Waals surface area (Å²) in [7, 11) is 1.79. The van der Waals surface area contributed by atoms with Gasteiger partial charge >= 0.3 is 6.09 Å². The lowest BCUT2D eigenvalue weighted by Gasteiger charge is -2.47. The van der Waals surface area contributed by atoms with Crippen molar-refractivity contribution in [2.24, 2.45) is 5.41 Å². The van der Waals surface area contributed by atoms with E-state index in [1.807, 2.05) is 25.7 Å². The molecule has 1 aromatic carbocycles. The number of ether oxygens (including phenoxy) is 1. The first-order valence-electron chi connectivity index (χ1n) is 12.9. The van der Waals surface area contributed by atoms with Gasteiger partial charge < -0.3 is 24.8 Å². The highest BCUT2D eigenvalue weighted by atomic mass is 32.1. The Morgan fingerprint density at radius 3 is 2.61 bits per heavy atom. The van der Waals surface area contributed by atoms with Crippen LogP contribution < -0.4 is 10.2 Å². The monoisotopic (exact) mass is 536 g/mol. The number of benzene rings is 1. The summed E-state index contributed by atoms with van der Waals surface area (Å²) in [4.78, 5) is 23.4. The third kappa shape index (κ3) is 4.75. The van der Waals surface area contributed by atoms with E-state index >= 15 is 4.39 Å². The third-order valence-electron chi connectivity index (χ3n) is 7.54. The van der Waals surface area contributed by atoms with E-state index in [0.29, 0.717) is 73.3 Å². The Labute approximate surface area is 228 Å². The number of aromatic nitrogens is 1. The van der Waals surface area contributed by atoms with E-state index in [9.17, 15) is 10.1 Å². The number of nitriles is 1. The molecule has 2 fully saturated rings. The fourth-order valence-electron chi connectivity index (χ4n) is 5.79. The number of fused-ring (bicyclic) bond motifs is 1. The zero-order chi connectivity index (χ0) is 27.2. The van der Waals surface area contributed by atoms with Gasteiger partial charge in [0.15, 0.2) is 5.11 Å². The number of thiocarbonyl (C=S) groups is 1. The van der Waals surface area contributed by atoms with E-state index in [-0.39, 0.29) is 17.3 Å². The first-order valence-corrected chi connectivity index (χ1v) is 13.4. The van der Waals surface area contributed by atoms with E-state index in [0.717, 1.165) is 17.7 Å². The maximum atomic E-state index is 15.1. The van der Waals surface area contributed by atoms with Gasteiger partial charge in [0, 0.05) is 56.3 Å². The Balaban J connectivity index is 1.49. The van der Waals surface area contributed by atoms with Crippen molar-refractivity contribution in [1.82, 2.24) is 20.1 Å². The Kier molecular flexibility index (Phi) is 6.68. The number of amides is 1. The van der Waals surface area contributed by atoms with Gasteiger partial charge in [0.2, 0.25) is 0 Å². The molecule has 1 spiro atoms. The van der Waals surface area contributed by atoms with Crippen LogP contribution in [0.2, 0.25) is 0 Å². The van der Waals surface area contributed by atoms with E-state index in [1.165, 1.54) is 6.07 Å². The second-order valence-electron chi connectivity index (χ2n) is 11.4. The molecule has 1 N–H and O–H groups in total. The summed E-state index contributed by atoms with van der Waals surface area (Å²) in [6.45, 7) is 9.32. The number of hydrogen-bond donors (Lipinski definition) is 1. The standard InChI is InChI=1S/C28H33FN6O2S/c1-27(2,3)37-26(36)35-16-28(17-35)10-12-34(15-28)24-20(13-30)23(18-7-5-6-8-21(18)29)19-9-11-33(25(38)31-4)14-22(19)32-24/h5-8H,9-12,14-17H2,1-4H3,(H,31,38). The molecule has 4 heterocycles. The van der Waals surface area contributed by atoms with Crippen molar-refractivity contribution in [2.75, 3.05) is 44.7 Å². The number of nitrogens with one attached hydrogen (secondary N) is 1. The van der Waals surface area contributed by atoms with Crippen LogP contribution in [-0.4, -0.2) is 71.4 Å². The van der Waals surface area contributed by atoms with Crippen LogP contribution in [0.4, 0.5) is 15.0 Å². The first kappa shape index (κ1) is 26.2. The zero-order valence-electron chi connectivity index (χ0n) is 22.3. The van der Waals surface area contributed by atoms with Crippen LogP contribution in [0, 0.1) is 22.6 Å². The minimum Gasteiger partial charge on any atom is -0.444 e. The number of anilines is 1. The molecule has 0 aliphatic carbocycles. The van der Waals surface area contributed by atoms with Gasteiger partial charge in [-0.05, 0) is 57.5 Å². The summed E-state index contributed by atoms with van der Waals surface area (Å²) in [5, 5.41) is 14.0. The van der Waals surface area contributed by atoms with Crippen molar-refractivity contribution in [2.45, 2.75) is 45.8 Å². The Hall–Kier alpha value is -3.45. The number of pyridine rings is 1. The summed E-state index contributed by atoms with van der Waals surface area (Å²) in [5.41, 5.74) is 2.55. The molecule has 3 aliphatic rings. The molecule has 3 aliphatic heterocycles. The van der Waals surface area contributed by atoms with Crippen LogP contribution >= 0.6 is 12.2 Å². The number of halogens is 1. The summed E-state index contributed by atoms with van der Waals surface area (Å²) in [6.07, 6.45) is 1.19. The van der Waals surface area contributed by atoms with Gasteiger partial charge in [-0.2, -0.15) is 5.26 Å². The highest BCUT2D eigenvalue weighted by molar-refractivity contribution is 7.80. The topological polar surface area (TPSA) is 84.7 Å². The zero-order valence-corrected chi connectivity index (χ0v) is 23.1. The molecule has 0 bridgehead atoms. The quantitative estimate of drug-likeness (QED) is 0.575. The first-order chi connectivity index (χ1) is 18.0. The molecule has 2 saturated heterocycles. The van der Waals surface area contributed by atoms with Crippen molar-refractivity contribution in [3.8, 4) is 17.2 Å². The van der Waals surface area contributed by atoms with Gasteiger partial charge in [-0.1, -0.05) is 18.2 Å². The van der Waals surface area contributed by atoms with E-state index in [4.69, 9.17) is 21.9 Å². The molecule has 200 valence electrons. The lowest BCUT2D eigenvalue weighted by molar-refractivity contribution is -0.0266. The van der Waals surface area contributed by atoms with E-state index in [1.54, 1.807) is 30.1 Å². The van der Waals surface area contributed by atoms with Gasteiger partial charge in [0.1, 0.15) is 28.9 Å². The summed E-state index contributed by atoms with van der Waals surface area (Å²) >= 11 is 5.48. The molecule has 0 radical (unpaired) electrons. The van der Waals surface area contributed by atoms with E-state index in [2.05, 4.69) is 16.3 Å². The average Bonchev–Trinajstić information content (AvgIpc) is 3.31. The van der Waals surface area contributed by atoms with Crippen LogP contribution in [0.15, 0.2) is 24.3 Å². The summed E-state index contributed by atoms with van der Waals surface area (Å²) in [6, 6.07) is 8.98. The average molecular weight is 537 g/mol. The second-order valence-corrected chi connectivity index (χ2v) is 11.8. The molecular formula is C28H33FN6O2S. The van der Waals surface area contributed by atoms with Gasteiger partial charge in [-0.15, -0.1) is 0 Å². The molecule has 8 nitrogen and oxygen atoms in total. The molecule has 0 atom stereocenters. The fraction of sp³-hybridized carbons (Fsp3) is 0.500. The number of carbonyl (C=O) groups is 1. The smallest absolute Gasteiger partial charge is 0.410 e. The number of carbonyl (C=O) groups excluding carboxylic acids is 1. The maximum Gasteiger partial charge on any atom is 0.410 e. The fourth-order valence-corrected chi connectivity index (χ4v) is 5.94. The van der Waals surface area contributed by atoms with Crippen LogP contribution in [-0.2, 0) is 17.7 Å². The van der Waals surface area contributed by atoms with Crippen molar-refractivity contribution >= 4 is 29.2 Å². The van der Waals surface area contributed by atoms with Crippen molar-refractivity contribution in [1.29, 1.82) is 5.26 Å². The van der Waals surface area contributed by atoms with Crippen molar-refractivity contribution in [3.05, 3.63) is 46.9 Å². The number of nitrogens with zero attached hydrogens (tertiary/aromatic N) is 5. The van der Waals surface area contributed by atoms with Crippen LogP contribution in [0.5, 0.6) is 0 Å². The molecule has 1 aromatic heterocycles. The molecule has 2 aromatic rings. The lowest BCUT2D eigenvalue weighted by atomic mass is 9.79. The Morgan fingerprint density at radius 2 is 1.95 bits per heavy atom. The van der Waals surface area contributed by atoms with Crippen molar-refractivity contribution in [3.63, 3.8) is 0 Å². The minimum atomic E-state index is -0.539. The van der Waals surface area contributed by atoms with Crippen LogP contribution in [0.3, 0.4) is 0 Å². The van der Waals surface area contributed by atoms with Gasteiger partial charge in [0.05, 0.1) is 12.2 Å². The van der Waals surface area contributed by atoms with Gasteiger partial charge in [0.25, 0.3) is 0 Å². The molecule has 5 rings (SSSR count). The highest BCUT2D eigenvalue weighted by Gasteiger charge is 2.51. The third-order valence-corrected chi connectivity index (χ3v) is 8.00. The van der Waals surface area contributed by atoms with Gasteiger partial charge in [-0.25, -0.2) is 14.2 Å². The molecular weight excluding hydrogens is 503 g/mol. The van der Waals surface area contributed by atoms with Crippen LogP contribution in [0.25, 0.3) is 11.1 Å². The minimum absolute atomic E-state index is 0.0703. The predicted molar refractivity (Wildman–Crippen MR) is 147 cm³/mol. The number of likely N-dealkylation sites (tertiary alicyclic amines) is 1. The maximum absolute atomic E-state index is 15.1. The van der Waals surface area contributed by atoms with E-state index < -0.39 is 5.60 Å². The highest BCUT2D eigenvalue weighted by Crippen LogP contribution is 2.44.